The molecule has 0 aromatic carbocycles. The summed E-state index contributed by atoms with van der Waals surface area (Å²) in [5, 5.41) is 0. The maximum Gasteiger partial charge on any atom is 0.402 e. The van der Waals surface area contributed by atoms with Gasteiger partial charge in [0.1, 0.15) is 0 Å². The van der Waals surface area contributed by atoms with Crippen LogP contribution in [-0.4, -0.2) is 56.2 Å². The fourth-order valence-electron chi connectivity index (χ4n) is 9.54. The lowest BCUT2D eigenvalue weighted by Crippen LogP contribution is -2.51. The van der Waals surface area contributed by atoms with Crippen LogP contribution in [0.4, 0.5) is 0 Å². The number of fused-ring (bicyclic) bond motifs is 5. The second kappa shape index (κ2) is 15.3. The Morgan fingerprint density at radius 1 is 0.886 bits per heavy atom. The predicted molar refractivity (Wildman–Crippen MR) is 170 cm³/mol. The number of hydrogen-bond acceptors (Lipinski definition) is 9. The zero-order chi connectivity index (χ0) is 32.2. The lowest BCUT2D eigenvalue weighted by molar-refractivity contribution is -0.0682. The molecular weight excluding hydrogens is 628 g/mol. The molecule has 9 nitrogen and oxygen atoms in total. The number of rotatable bonds is 17. The Kier molecular flexibility index (Phi) is 12.7. The first kappa shape index (κ1) is 36.6. The number of hydrogen-bond donors (Lipinski definition) is 0. The third-order valence-corrected chi connectivity index (χ3v) is 13.2. The highest BCUT2D eigenvalue weighted by Crippen LogP contribution is 2.67. The van der Waals surface area contributed by atoms with Crippen LogP contribution < -0.4 is 0 Å². The third-order valence-electron chi connectivity index (χ3n) is 11.7. The molecule has 4 rings (SSSR count). The molecule has 256 valence electrons. The minimum absolute atomic E-state index is 0.00916. The summed E-state index contributed by atoms with van der Waals surface area (Å²) in [6.07, 6.45) is 16.9. The van der Waals surface area contributed by atoms with E-state index in [0.29, 0.717) is 18.6 Å². The first-order chi connectivity index (χ1) is 20.6. The molecule has 0 radical (unpaired) electrons. The summed E-state index contributed by atoms with van der Waals surface area (Å²) in [5.74, 6) is 4.98. The maximum absolute atomic E-state index is 11.6. The predicted octanol–water partition coefficient (Wildman–Crippen LogP) is 7.17. The maximum atomic E-state index is 11.6. The second-order valence-corrected chi connectivity index (χ2v) is 18.1. The molecule has 0 aliphatic heterocycles. The van der Waals surface area contributed by atoms with Crippen molar-refractivity contribution in [3.63, 3.8) is 0 Å². The van der Waals surface area contributed by atoms with E-state index >= 15 is 0 Å². The van der Waals surface area contributed by atoms with Crippen LogP contribution in [0.25, 0.3) is 0 Å². The second-order valence-electron chi connectivity index (χ2n) is 14.6. The van der Waals surface area contributed by atoms with Crippen LogP contribution in [-0.2, 0) is 41.8 Å². The lowest BCUT2D eigenvalue weighted by atomic mass is 9.47. The number of halogens is 1. The molecule has 0 bridgehead atoms. The van der Waals surface area contributed by atoms with Gasteiger partial charge < -0.3 is 9.47 Å². The fourth-order valence-corrected chi connectivity index (χ4v) is 10.4. The molecule has 4 aliphatic rings. The third kappa shape index (κ3) is 9.20. The van der Waals surface area contributed by atoms with E-state index < -0.39 is 26.5 Å². The van der Waals surface area contributed by atoms with Crippen LogP contribution >= 0.6 is 10.7 Å². The van der Waals surface area contributed by atoms with Gasteiger partial charge in [0.05, 0.1) is 32.5 Å². The zero-order valence-electron chi connectivity index (χ0n) is 27.3. The highest BCUT2D eigenvalue weighted by molar-refractivity contribution is 8.10. The molecule has 3 fully saturated rings. The van der Waals surface area contributed by atoms with Crippen molar-refractivity contribution in [2.75, 3.05) is 33.2 Å². The molecule has 0 aromatic rings. The van der Waals surface area contributed by atoms with Crippen LogP contribution in [0.2, 0.25) is 0 Å². The Balaban J connectivity index is 1.19. The van der Waals surface area contributed by atoms with E-state index in [1.54, 1.807) is 5.57 Å². The van der Waals surface area contributed by atoms with Gasteiger partial charge in [0, 0.05) is 10.7 Å². The standard InChI is InChI=1S/C32H55ClO9S2/c1-23(2)7-6-8-24(3)28-11-12-29-27-10-9-25-21-26(13-15-31(25,4)30(27)14-16-32(28,29)5)39-19-17-38-18-20-40-44(36,37)42-22-41-43(33,34)35/h9,23-24,26-30H,6-8,10-22H2,1-5H3/t24-,26+,27+,28-,29+,30+,31+,32-/m1/s1. The van der Waals surface area contributed by atoms with Gasteiger partial charge in [-0.1, -0.05) is 65.5 Å². The van der Waals surface area contributed by atoms with Crippen LogP contribution in [0.5, 0.6) is 0 Å². The van der Waals surface area contributed by atoms with E-state index in [0.717, 1.165) is 48.3 Å². The molecular formula is C32H55ClO9S2. The van der Waals surface area contributed by atoms with E-state index in [1.165, 1.54) is 57.8 Å². The summed E-state index contributed by atoms with van der Waals surface area (Å²) in [6.45, 7) is 11.8. The highest BCUT2D eigenvalue weighted by Gasteiger charge is 2.59. The normalized spacial score (nSPS) is 34.7. The molecule has 0 saturated heterocycles. The summed E-state index contributed by atoms with van der Waals surface area (Å²) >= 11 is 0. The first-order valence-electron chi connectivity index (χ1n) is 16.7. The van der Waals surface area contributed by atoms with Gasteiger partial charge in [-0.25, -0.2) is 12.5 Å². The van der Waals surface area contributed by atoms with Gasteiger partial charge in [-0.2, -0.15) is 16.8 Å². The Labute approximate surface area is 271 Å². The molecule has 44 heavy (non-hydrogen) atoms. The first-order valence-corrected chi connectivity index (χ1v) is 20.2. The van der Waals surface area contributed by atoms with Gasteiger partial charge in [0.15, 0.2) is 6.79 Å². The number of ether oxygens (including phenoxy) is 2. The lowest BCUT2D eigenvalue weighted by Gasteiger charge is -2.58. The van der Waals surface area contributed by atoms with Crippen molar-refractivity contribution >= 4 is 30.4 Å². The Morgan fingerprint density at radius 3 is 2.36 bits per heavy atom. The quantitative estimate of drug-likeness (QED) is 0.0682. The van der Waals surface area contributed by atoms with Crippen LogP contribution in [0.15, 0.2) is 11.6 Å². The molecule has 8 atom stereocenters. The summed E-state index contributed by atoms with van der Waals surface area (Å²) in [6, 6.07) is 0. The van der Waals surface area contributed by atoms with Crippen LogP contribution in [0.1, 0.15) is 105 Å². The van der Waals surface area contributed by atoms with Crippen molar-refractivity contribution in [3.8, 4) is 0 Å². The SMILES string of the molecule is CC(C)CCC[C@@H](C)[C@H]1CC[C@H]2[C@@H]3CC=C4C[C@@H](OCCOCCOS(=O)(=O)OCOS(=O)(=O)Cl)CC[C@]4(C)[C@H]3CC[C@]12C. The summed E-state index contributed by atoms with van der Waals surface area (Å²) in [5.41, 5.74) is 2.39. The minimum atomic E-state index is -4.43. The summed E-state index contributed by atoms with van der Waals surface area (Å²) < 4.78 is 68.8. The molecule has 3 saturated carbocycles. The molecule has 12 heteroatoms. The Bertz CT molecular complexity index is 1190. The Hall–Kier alpha value is -0.270. The smallest absolute Gasteiger partial charge is 0.377 e. The van der Waals surface area contributed by atoms with Gasteiger partial charge >= 0.3 is 19.7 Å². The van der Waals surface area contributed by atoms with Crippen LogP contribution in [0, 0.1) is 46.3 Å². The Morgan fingerprint density at radius 2 is 1.64 bits per heavy atom. The van der Waals surface area contributed by atoms with Gasteiger partial charge in [-0.15, -0.1) is 0 Å². The summed E-state index contributed by atoms with van der Waals surface area (Å²) in [7, 11) is -3.95. The van der Waals surface area contributed by atoms with Gasteiger partial charge in [0.2, 0.25) is 0 Å². The fraction of sp³-hybridized carbons (Fsp3) is 0.938. The molecule has 0 heterocycles. The zero-order valence-corrected chi connectivity index (χ0v) is 29.7. The van der Waals surface area contributed by atoms with Crippen molar-refractivity contribution in [3.05, 3.63) is 11.6 Å². The molecule has 0 amide bonds. The largest absolute Gasteiger partial charge is 0.402 e. The van der Waals surface area contributed by atoms with Gasteiger partial charge in [0.25, 0.3) is 0 Å². The molecule has 0 spiro atoms. The molecule has 4 aliphatic carbocycles. The minimum Gasteiger partial charge on any atom is -0.377 e. The van der Waals surface area contributed by atoms with Crippen molar-refractivity contribution in [1.82, 2.24) is 0 Å². The van der Waals surface area contributed by atoms with Crippen LogP contribution in [0.3, 0.4) is 0 Å². The van der Waals surface area contributed by atoms with E-state index in [1.807, 2.05) is 0 Å². The van der Waals surface area contributed by atoms with Crippen molar-refractivity contribution < 1.29 is 38.9 Å². The van der Waals surface area contributed by atoms with Crippen molar-refractivity contribution in [2.24, 2.45) is 46.3 Å². The molecule has 0 N–H and O–H groups in total. The molecule has 0 unspecified atom stereocenters. The van der Waals surface area contributed by atoms with E-state index in [-0.39, 0.29) is 24.7 Å². The number of allylic oxidation sites excluding steroid dienone is 1. The van der Waals surface area contributed by atoms with E-state index in [2.05, 4.69) is 53.2 Å². The van der Waals surface area contributed by atoms with E-state index in [4.69, 9.17) is 20.2 Å². The highest BCUT2D eigenvalue weighted by atomic mass is 35.7. The van der Waals surface area contributed by atoms with Crippen molar-refractivity contribution in [1.29, 1.82) is 0 Å². The molecule has 0 aromatic heterocycles. The average Bonchev–Trinajstić information content (AvgIpc) is 3.28. The average molecular weight is 683 g/mol. The van der Waals surface area contributed by atoms with E-state index in [9.17, 15) is 16.8 Å². The topological polar surface area (TPSA) is 114 Å². The summed E-state index contributed by atoms with van der Waals surface area (Å²) in [4.78, 5) is 0. The van der Waals surface area contributed by atoms with Gasteiger partial charge in [-0.3, -0.25) is 0 Å². The monoisotopic (exact) mass is 682 g/mol. The van der Waals surface area contributed by atoms with Crippen molar-refractivity contribution in [2.45, 2.75) is 111 Å². The van der Waals surface area contributed by atoms with Gasteiger partial charge in [-0.05, 0) is 97.7 Å².